The van der Waals surface area contributed by atoms with Gasteiger partial charge in [-0.25, -0.2) is 0 Å². The van der Waals surface area contributed by atoms with Gasteiger partial charge in [-0.2, -0.15) is 0 Å². The molecule has 0 aliphatic rings. The highest BCUT2D eigenvalue weighted by Crippen LogP contribution is 2.30. The monoisotopic (exact) mass is 621 g/mol. The van der Waals surface area contributed by atoms with E-state index in [9.17, 15) is 4.79 Å². The number of esters is 1. The van der Waals surface area contributed by atoms with Gasteiger partial charge in [0.05, 0.1) is 12.5 Å². The van der Waals surface area contributed by atoms with Gasteiger partial charge in [-0.1, -0.05) is 220 Å². The van der Waals surface area contributed by atoms with Gasteiger partial charge in [0.2, 0.25) is 0 Å². The molecular formula is C42H84O2. The van der Waals surface area contributed by atoms with Crippen LogP contribution in [0.2, 0.25) is 0 Å². The molecule has 0 saturated heterocycles. The molecule has 2 unspecified atom stereocenters. The number of rotatable bonds is 37. The number of hydrogen-bond acceptors (Lipinski definition) is 2. The molecule has 0 aromatic heterocycles. The second-order valence-corrected chi connectivity index (χ2v) is 14.4. The first-order valence-corrected chi connectivity index (χ1v) is 20.9. The first-order valence-electron chi connectivity index (χ1n) is 20.9. The van der Waals surface area contributed by atoms with Crippen LogP contribution in [0.15, 0.2) is 0 Å². The molecule has 0 amide bonds. The Hall–Kier alpha value is -0.530. The van der Waals surface area contributed by atoms with Crippen LogP contribution in [0, 0.1) is 11.8 Å². The minimum absolute atomic E-state index is 0.131. The summed E-state index contributed by atoms with van der Waals surface area (Å²) in [6, 6.07) is 0. The highest BCUT2D eigenvalue weighted by Gasteiger charge is 2.28. The Morgan fingerprint density at radius 2 is 0.682 bits per heavy atom. The molecule has 0 aromatic rings. The molecule has 2 heteroatoms. The predicted octanol–water partition coefficient (Wildman–Crippen LogP) is 15.1. The van der Waals surface area contributed by atoms with E-state index in [0.717, 1.165) is 12.8 Å². The van der Waals surface area contributed by atoms with Gasteiger partial charge in [-0.05, 0) is 31.6 Å². The summed E-state index contributed by atoms with van der Waals surface area (Å²) in [4.78, 5) is 13.4. The molecule has 0 aromatic carbocycles. The van der Waals surface area contributed by atoms with Gasteiger partial charge in [0.25, 0.3) is 0 Å². The average Bonchev–Trinajstić information content (AvgIpc) is 3.03. The zero-order chi connectivity index (χ0) is 32.2. The first kappa shape index (κ1) is 43.5. The fourth-order valence-corrected chi connectivity index (χ4v) is 7.08. The van der Waals surface area contributed by atoms with Crippen molar-refractivity contribution in [3.8, 4) is 0 Å². The molecule has 0 bridgehead atoms. The maximum absolute atomic E-state index is 13.4. The molecule has 0 rings (SSSR count). The van der Waals surface area contributed by atoms with E-state index in [2.05, 4.69) is 27.7 Å². The topological polar surface area (TPSA) is 26.3 Å². The zero-order valence-corrected chi connectivity index (χ0v) is 31.2. The van der Waals surface area contributed by atoms with Crippen molar-refractivity contribution in [3.63, 3.8) is 0 Å². The maximum Gasteiger partial charge on any atom is 0.309 e. The van der Waals surface area contributed by atoms with E-state index in [1.807, 2.05) is 0 Å². The molecule has 0 heterocycles. The summed E-state index contributed by atoms with van der Waals surface area (Å²) in [5, 5.41) is 0. The first-order chi connectivity index (χ1) is 21.7. The molecule has 0 spiro atoms. The van der Waals surface area contributed by atoms with Crippen molar-refractivity contribution in [3.05, 3.63) is 0 Å². The van der Waals surface area contributed by atoms with E-state index in [1.54, 1.807) is 0 Å². The standard InChI is InChI=1S/C42H84O2/c1-5-9-12-15-18-20-22-24-26-28-30-33-37-40(36-8-4)41(38-34-31-17-14-11-7-3)42(43)44-39-35-32-29-27-25-23-21-19-16-13-10-6-2/h40-41H,5-39H2,1-4H3. The Bertz CT molecular complexity index is 544. The molecule has 0 aliphatic heterocycles. The summed E-state index contributed by atoms with van der Waals surface area (Å²) in [6.45, 7) is 9.82. The molecule has 2 nitrogen and oxygen atoms in total. The fraction of sp³-hybridized carbons (Fsp3) is 0.976. The Labute approximate surface area is 279 Å². The van der Waals surface area contributed by atoms with E-state index in [0.29, 0.717) is 12.5 Å². The van der Waals surface area contributed by atoms with Crippen molar-refractivity contribution >= 4 is 5.97 Å². The third-order valence-electron chi connectivity index (χ3n) is 10.1. The molecule has 264 valence electrons. The Morgan fingerprint density at radius 1 is 0.364 bits per heavy atom. The van der Waals surface area contributed by atoms with E-state index >= 15 is 0 Å². The quantitative estimate of drug-likeness (QED) is 0.0510. The number of carbonyl (C=O) groups is 1. The van der Waals surface area contributed by atoms with Gasteiger partial charge in [0.15, 0.2) is 0 Å². The van der Waals surface area contributed by atoms with Crippen LogP contribution in [0.1, 0.15) is 246 Å². The lowest BCUT2D eigenvalue weighted by molar-refractivity contribution is -0.151. The van der Waals surface area contributed by atoms with Crippen molar-refractivity contribution in [1.29, 1.82) is 0 Å². The number of hydrogen-bond donors (Lipinski definition) is 0. The lowest BCUT2D eigenvalue weighted by Gasteiger charge is -2.26. The summed E-state index contributed by atoms with van der Waals surface area (Å²) in [5.74, 6) is 0.790. The second kappa shape index (κ2) is 36.9. The Kier molecular flexibility index (Phi) is 36.5. The summed E-state index contributed by atoms with van der Waals surface area (Å²) < 4.78 is 5.99. The third kappa shape index (κ3) is 30.1. The zero-order valence-electron chi connectivity index (χ0n) is 31.2. The maximum atomic E-state index is 13.4. The fourth-order valence-electron chi connectivity index (χ4n) is 7.08. The summed E-state index contributed by atoms with van der Waals surface area (Å²) in [6.07, 6.45) is 45.3. The molecule has 0 N–H and O–H groups in total. The molecule has 0 fully saturated rings. The number of ether oxygens (including phenoxy) is 1. The van der Waals surface area contributed by atoms with Crippen molar-refractivity contribution < 1.29 is 9.53 Å². The van der Waals surface area contributed by atoms with Gasteiger partial charge in [0.1, 0.15) is 0 Å². The minimum atomic E-state index is 0.131. The molecule has 0 saturated carbocycles. The van der Waals surface area contributed by atoms with Crippen LogP contribution in [0.4, 0.5) is 0 Å². The van der Waals surface area contributed by atoms with Gasteiger partial charge in [-0.3, -0.25) is 4.79 Å². The van der Waals surface area contributed by atoms with Crippen molar-refractivity contribution in [2.45, 2.75) is 246 Å². The smallest absolute Gasteiger partial charge is 0.309 e. The second-order valence-electron chi connectivity index (χ2n) is 14.4. The van der Waals surface area contributed by atoms with Crippen molar-refractivity contribution in [2.75, 3.05) is 6.61 Å². The highest BCUT2D eigenvalue weighted by molar-refractivity contribution is 5.72. The van der Waals surface area contributed by atoms with Crippen LogP contribution >= 0.6 is 0 Å². The van der Waals surface area contributed by atoms with Gasteiger partial charge in [0, 0.05) is 0 Å². The van der Waals surface area contributed by atoms with E-state index in [-0.39, 0.29) is 11.9 Å². The van der Waals surface area contributed by atoms with E-state index < -0.39 is 0 Å². The lowest BCUT2D eigenvalue weighted by Crippen LogP contribution is -2.26. The minimum Gasteiger partial charge on any atom is -0.465 e. The van der Waals surface area contributed by atoms with Crippen molar-refractivity contribution in [1.82, 2.24) is 0 Å². The van der Waals surface area contributed by atoms with Crippen LogP contribution < -0.4 is 0 Å². The van der Waals surface area contributed by atoms with Crippen molar-refractivity contribution in [2.24, 2.45) is 11.8 Å². The molecule has 0 radical (unpaired) electrons. The Balaban J connectivity index is 4.34. The Morgan fingerprint density at radius 3 is 1.05 bits per heavy atom. The van der Waals surface area contributed by atoms with Crippen LogP contribution in [-0.4, -0.2) is 12.6 Å². The van der Waals surface area contributed by atoms with Crippen LogP contribution in [0.25, 0.3) is 0 Å². The molecular weight excluding hydrogens is 536 g/mol. The third-order valence-corrected chi connectivity index (χ3v) is 10.1. The SMILES string of the molecule is CCCCCCCCCCCCCCOC(=O)C(CCCCCCCC)C(CCC)CCCCCCCCCCCCCC. The van der Waals surface area contributed by atoms with Crippen LogP contribution in [-0.2, 0) is 9.53 Å². The van der Waals surface area contributed by atoms with Crippen LogP contribution in [0.5, 0.6) is 0 Å². The summed E-state index contributed by atoms with van der Waals surface area (Å²) in [7, 11) is 0. The van der Waals surface area contributed by atoms with E-state index in [1.165, 1.54) is 205 Å². The normalized spacial score (nSPS) is 12.9. The summed E-state index contributed by atoms with van der Waals surface area (Å²) in [5.41, 5.74) is 0. The highest BCUT2D eigenvalue weighted by atomic mass is 16.5. The van der Waals surface area contributed by atoms with Crippen LogP contribution in [0.3, 0.4) is 0 Å². The molecule has 0 aliphatic carbocycles. The average molecular weight is 621 g/mol. The summed E-state index contributed by atoms with van der Waals surface area (Å²) >= 11 is 0. The number of carbonyl (C=O) groups excluding carboxylic acids is 1. The predicted molar refractivity (Wildman–Crippen MR) is 198 cm³/mol. The molecule has 2 atom stereocenters. The number of unbranched alkanes of at least 4 members (excludes halogenated alkanes) is 27. The van der Waals surface area contributed by atoms with Gasteiger partial charge >= 0.3 is 5.97 Å². The largest absolute Gasteiger partial charge is 0.465 e. The van der Waals surface area contributed by atoms with Gasteiger partial charge in [-0.15, -0.1) is 0 Å². The molecule has 44 heavy (non-hydrogen) atoms. The lowest BCUT2D eigenvalue weighted by atomic mass is 9.81. The van der Waals surface area contributed by atoms with E-state index in [4.69, 9.17) is 4.74 Å². The van der Waals surface area contributed by atoms with Gasteiger partial charge < -0.3 is 4.74 Å².